The van der Waals surface area contributed by atoms with Gasteiger partial charge in [-0.2, -0.15) is 9.78 Å². The van der Waals surface area contributed by atoms with Crippen molar-refractivity contribution in [1.29, 1.82) is 0 Å². The van der Waals surface area contributed by atoms with Gasteiger partial charge in [0.2, 0.25) is 5.91 Å². The van der Waals surface area contributed by atoms with Crippen molar-refractivity contribution >= 4 is 11.9 Å². The number of aromatic nitrogens is 3. The van der Waals surface area contributed by atoms with Gasteiger partial charge in [-0.05, 0) is 43.2 Å². The van der Waals surface area contributed by atoms with Gasteiger partial charge < -0.3 is 10.6 Å². The molecular weight excluding hydrogens is 342 g/mol. The van der Waals surface area contributed by atoms with Crippen LogP contribution in [0, 0.1) is 5.41 Å². The molecule has 1 aliphatic rings. The Kier molecular flexibility index (Phi) is 5.30. The molecule has 3 rings (SSSR count). The molecule has 0 radical (unpaired) electrons. The molecule has 2 aromatic heterocycles. The summed E-state index contributed by atoms with van der Waals surface area (Å²) in [5.41, 5.74) is 3.33. The molecule has 7 nitrogen and oxygen atoms in total. The molecule has 1 atom stereocenters. The normalized spacial score (nSPS) is 15.0. The number of nitrogens with one attached hydrogen (secondary N) is 2. The zero-order valence-corrected chi connectivity index (χ0v) is 16.4. The number of hydrogen-bond donors (Lipinski definition) is 2. The van der Waals surface area contributed by atoms with Crippen molar-refractivity contribution in [3.8, 4) is 11.3 Å². The van der Waals surface area contributed by atoms with Crippen LogP contribution < -0.4 is 10.6 Å². The van der Waals surface area contributed by atoms with Crippen LogP contribution in [-0.4, -0.2) is 39.8 Å². The van der Waals surface area contributed by atoms with Gasteiger partial charge in [0.05, 0.1) is 11.4 Å². The van der Waals surface area contributed by atoms with Crippen molar-refractivity contribution < 1.29 is 9.59 Å². The Balaban J connectivity index is 1.98. The van der Waals surface area contributed by atoms with E-state index in [0.717, 1.165) is 48.2 Å². The Bertz CT molecular complexity index is 836. The van der Waals surface area contributed by atoms with Gasteiger partial charge in [-0.1, -0.05) is 20.8 Å². The summed E-state index contributed by atoms with van der Waals surface area (Å²) in [5, 5.41) is 10.1. The molecule has 7 heteroatoms. The van der Waals surface area contributed by atoms with Crippen LogP contribution in [0.25, 0.3) is 11.3 Å². The lowest BCUT2D eigenvalue weighted by atomic mass is 9.86. The number of likely N-dealkylation sites (N-methyl/N-ethyl adjacent to an activating group) is 1. The van der Waals surface area contributed by atoms with E-state index in [-0.39, 0.29) is 11.9 Å². The number of amides is 2. The molecule has 0 fully saturated rings. The lowest BCUT2D eigenvalue weighted by molar-refractivity contribution is -0.124. The van der Waals surface area contributed by atoms with Crippen molar-refractivity contribution in [1.82, 2.24) is 25.4 Å². The Morgan fingerprint density at radius 2 is 1.96 bits per heavy atom. The zero-order chi connectivity index (χ0) is 19.6. The number of nitrogens with zero attached hydrogens (tertiary/aromatic N) is 3. The average molecular weight is 369 g/mol. The standard InChI is InChI=1S/C20H27N5O2/c1-20(2,3)17(18(26)21-4)23-19(27)25-15-10-6-5-9-14(15)16(24-25)13-8-7-11-22-12-13/h7-8,11-12,17H,5-6,9-10H2,1-4H3,(H,21,26)(H,23,27). The van der Waals surface area contributed by atoms with E-state index in [1.165, 1.54) is 4.68 Å². The van der Waals surface area contributed by atoms with Crippen molar-refractivity contribution in [2.45, 2.75) is 52.5 Å². The summed E-state index contributed by atoms with van der Waals surface area (Å²) >= 11 is 0. The molecular formula is C20H27N5O2. The van der Waals surface area contributed by atoms with Crippen molar-refractivity contribution in [3.05, 3.63) is 35.8 Å². The van der Waals surface area contributed by atoms with E-state index in [2.05, 4.69) is 20.7 Å². The lowest BCUT2D eigenvalue weighted by Crippen LogP contribution is -2.54. The molecule has 0 saturated carbocycles. The quantitative estimate of drug-likeness (QED) is 0.870. The lowest BCUT2D eigenvalue weighted by Gasteiger charge is -2.29. The Labute approximate surface area is 159 Å². The predicted molar refractivity (Wildman–Crippen MR) is 103 cm³/mol. The first-order valence-electron chi connectivity index (χ1n) is 9.36. The second kappa shape index (κ2) is 7.50. The van der Waals surface area contributed by atoms with Crippen LogP contribution in [0.1, 0.15) is 44.9 Å². The van der Waals surface area contributed by atoms with Gasteiger partial charge >= 0.3 is 6.03 Å². The SMILES string of the molecule is CNC(=O)C(NC(=O)n1nc(-c2cccnc2)c2c1CCCC2)C(C)(C)C. The number of fused-ring (bicyclic) bond motifs is 1. The van der Waals surface area contributed by atoms with Crippen molar-refractivity contribution in [2.75, 3.05) is 7.05 Å². The van der Waals surface area contributed by atoms with E-state index in [9.17, 15) is 9.59 Å². The number of rotatable bonds is 3. The van der Waals surface area contributed by atoms with Gasteiger partial charge in [0.15, 0.2) is 0 Å². The second-order valence-electron chi connectivity index (χ2n) is 8.00. The monoisotopic (exact) mass is 369 g/mol. The molecule has 144 valence electrons. The fourth-order valence-corrected chi connectivity index (χ4v) is 3.51. The van der Waals surface area contributed by atoms with Crippen molar-refractivity contribution in [3.63, 3.8) is 0 Å². The van der Waals surface area contributed by atoms with Crippen LogP contribution >= 0.6 is 0 Å². The van der Waals surface area contributed by atoms with Gasteiger partial charge in [0.25, 0.3) is 0 Å². The van der Waals surface area contributed by atoms with E-state index in [1.54, 1.807) is 19.4 Å². The third-order valence-electron chi connectivity index (χ3n) is 4.95. The first kappa shape index (κ1) is 19.1. The largest absolute Gasteiger partial charge is 0.357 e. The third-order valence-corrected chi connectivity index (χ3v) is 4.95. The summed E-state index contributed by atoms with van der Waals surface area (Å²) in [4.78, 5) is 29.5. The van der Waals surface area contributed by atoms with Gasteiger partial charge in [-0.3, -0.25) is 9.78 Å². The maximum Gasteiger partial charge on any atom is 0.343 e. The maximum absolute atomic E-state index is 13.0. The fraction of sp³-hybridized carbons (Fsp3) is 0.500. The Morgan fingerprint density at radius 1 is 1.22 bits per heavy atom. The topological polar surface area (TPSA) is 88.9 Å². The molecule has 27 heavy (non-hydrogen) atoms. The molecule has 0 spiro atoms. The van der Waals surface area contributed by atoms with E-state index in [1.807, 2.05) is 32.9 Å². The highest BCUT2D eigenvalue weighted by Gasteiger charge is 2.34. The van der Waals surface area contributed by atoms with Crippen LogP contribution in [0.15, 0.2) is 24.5 Å². The van der Waals surface area contributed by atoms with E-state index >= 15 is 0 Å². The molecule has 2 aromatic rings. The summed E-state index contributed by atoms with van der Waals surface area (Å²) in [5.74, 6) is -0.218. The summed E-state index contributed by atoms with van der Waals surface area (Å²) in [7, 11) is 1.57. The van der Waals surface area contributed by atoms with Gasteiger partial charge in [0.1, 0.15) is 6.04 Å². The zero-order valence-electron chi connectivity index (χ0n) is 16.4. The minimum atomic E-state index is -0.653. The second-order valence-corrected chi connectivity index (χ2v) is 8.00. The fourth-order valence-electron chi connectivity index (χ4n) is 3.51. The smallest absolute Gasteiger partial charge is 0.343 e. The summed E-state index contributed by atoms with van der Waals surface area (Å²) < 4.78 is 1.44. The highest BCUT2D eigenvalue weighted by atomic mass is 16.2. The number of pyridine rings is 1. The Morgan fingerprint density at radius 3 is 2.59 bits per heavy atom. The van der Waals surface area contributed by atoms with Crippen LogP contribution in [-0.2, 0) is 17.6 Å². The minimum absolute atomic E-state index is 0.218. The average Bonchev–Trinajstić information content (AvgIpc) is 3.05. The van der Waals surface area contributed by atoms with Gasteiger partial charge in [-0.15, -0.1) is 0 Å². The number of carbonyl (C=O) groups is 2. The molecule has 0 aliphatic heterocycles. The van der Waals surface area contributed by atoms with Crippen LogP contribution in [0.4, 0.5) is 4.79 Å². The number of hydrogen-bond acceptors (Lipinski definition) is 4. The molecule has 1 unspecified atom stereocenters. The third kappa shape index (κ3) is 3.86. The van der Waals surface area contributed by atoms with Crippen LogP contribution in [0.5, 0.6) is 0 Å². The van der Waals surface area contributed by atoms with Crippen molar-refractivity contribution in [2.24, 2.45) is 5.41 Å². The summed E-state index contributed by atoms with van der Waals surface area (Å²) in [6.45, 7) is 5.77. The number of carbonyl (C=O) groups excluding carboxylic acids is 2. The van der Waals surface area contributed by atoms with E-state index in [0.29, 0.717) is 0 Å². The van der Waals surface area contributed by atoms with Crippen LogP contribution in [0.3, 0.4) is 0 Å². The van der Waals surface area contributed by atoms with Gasteiger partial charge in [0, 0.05) is 30.6 Å². The summed E-state index contributed by atoms with van der Waals surface area (Å²) in [6, 6.07) is 2.80. The molecule has 0 saturated heterocycles. The van der Waals surface area contributed by atoms with E-state index in [4.69, 9.17) is 0 Å². The molecule has 0 bridgehead atoms. The molecule has 0 aromatic carbocycles. The Hall–Kier alpha value is -2.70. The molecule has 2 N–H and O–H groups in total. The molecule has 2 amide bonds. The highest BCUT2D eigenvalue weighted by Crippen LogP contribution is 2.31. The molecule has 1 aliphatic carbocycles. The van der Waals surface area contributed by atoms with Crippen LogP contribution in [0.2, 0.25) is 0 Å². The maximum atomic E-state index is 13.0. The minimum Gasteiger partial charge on any atom is -0.357 e. The first-order chi connectivity index (χ1) is 12.8. The summed E-state index contributed by atoms with van der Waals surface area (Å²) in [6.07, 6.45) is 7.28. The highest BCUT2D eigenvalue weighted by molar-refractivity contribution is 5.88. The molecule has 2 heterocycles. The predicted octanol–water partition coefficient (Wildman–Crippen LogP) is 2.54. The van der Waals surface area contributed by atoms with E-state index < -0.39 is 11.5 Å². The first-order valence-corrected chi connectivity index (χ1v) is 9.36. The van der Waals surface area contributed by atoms with Gasteiger partial charge in [-0.25, -0.2) is 4.79 Å².